The summed E-state index contributed by atoms with van der Waals surface area (Å²) in [6, 6.07) is 4.95. The number of rotatable bonds is 1. The number of carbonyl (C=O) groups excluding carboxylic acids is 2. The average Bonchev–Trinajstić information content (AvgIpc) is 3.09. The third kappa shape index (κ3) is 1.81. The number of carbonyl (C=O) groups is 2. The number of nitrogens with one attached hydrogen (secondary N) is 1. The van der Waals surface area contributed by atoms with E-state index in [1.54, 1.807) is 29.9 Å². The van der Waals surface area contributed by atoms with Gasteiger partial charge in [-0.05, 0) is 24.3 Å². The predicted molar refractivity (Wildman–Crippen MR) is 78.4 cm³/mol. The zero-order chi connectivity index (χ0) is 16.3. The first-order valence-corrected chi connectivity index (χ1v) is 7.01. The van der Waals surface area contributed by atoms with Crippen LogP contribution in [0, 0.1) is 5.82 Å². The number of imide groups is 1. The van der Waals surface area contributed by atoms with Crippen molar-refractivity contribution in [3.05, 3.63) is 36.3 Å². The highest BCUT2D eigenvalue weighted by Crippen LogP contribution is 2.29. The SMILES string of the molecule is CN1C(=O)C2C(=Nc3[nH]c(-c4ccc(F)cc4)c[n+]32)N(C)C1=O. The minimum Gasteiger partial charge on any atom is -0.270 e. The number of benzene rings is 1. The van der Waals surface area contributed by atoms with Crippen LogP contribution in [0.3, 0.4) is 0 Å². The van der Waals surface area contributed by atoms with Gasteiger partial charge < -0.3 is 0 Å². The van der Waals surface area contributed by atoms with E-state index in [0.29, 0.717) is 11.8 Å². The number of amides is 3. The lowest BCUT2D eigenvalue weighted by atomic mass is 10.1. The summed E-state index contributed by atoms with van der Waals surface area (Å²) in [7, 11) is 3.04. The summed E-state index contributed by atoms with van der Waals surface area (Å²) >= 11 is 0. The highest BCUT2D eigenvalue weighted by Gasteiger charge is 2.51. The lowest BCUT2D eigenvalue weighted by Crippen LogP contribution is -2.61. The van der Waals surface area contributed by atoms with Gasteiger partial charge in [-0.2, -0.15) is 0 Å². The number of fused-ring (bicyclic) bond motifs is 3. The number of hydrogen-bond donors (Lipinski definition) is 1. The zero-order valence-corrected chi connectivity index (χ0v) is 12.4. The molecular formula is C15H13FN5O2+. The first-order valence-electron chi connectivity index (χ1n) is 7.01. The highest BCUT2D eigenvalue weighted by molar-refractivity contribution is 6.18. The van der Waals surface area contributed by atoms with Crippen LogP contribution in [0.1, 0.15) is 6.04 Å². The molecule has 0 spiro atoms. The smallest absolute Gasteiger partial charge is 0.270 e. The van der Waals surface area contributed by atoms with Crippen LogP contribution < -0.4 is 4.57 Å². The van der Waals surface area contributed by atoms with Crippen molar-refractivity contribution in [1.29, 1.82) is 0 Å². The summed E-state index contributed by atoms with van der Waals surface area (Å²) in [6.07, 6.45) is 1.75. The molecule has 1 unspecified atom stereocenters. The van der Waals surface area contributed by atoms with Crippen LogP contribution in [0.4, 0.5) is 15.1 Å². The van der Waals surface area contributed by atoms with Gasteiger partial charge in [-0.3, -0.25) is 14.6 Å². The van der Waals surface area contributed by atoms with E-state index in [2.05, 4.69) is 9.98 Å². The summed E-state index contributed by atoms with van der Waals surface area (Å²) in [5, 5.41) is 0. The van der Waals surface area contributed by atoms with E-state index in [9.17, 15) is 14.0 Å². The molecule has 8 heteroatoms. The summed E-state index contributed by atoms with van der Waals surface area (Å²) in [5.41, 5.74) is 1.50. The second-order valence-corrected chi connectivity index (χ2v) is 5.52. The Morgan fingerprint density at radius 3 is 2.57 bits per heavy atom. The second kappa shape index (κ2) is 4.48. The molecule has 2 aliphatic heterocycles. The van der Waals surface area contributed by atoms with Crippen LogP contribution in [-0.2, 0) is 4.79 Å². The normalized spacial score (nSPS) is 19.8. The van der Waals surface area contributed by atoms with Gasteiger partial charge in [0.2, 0.25) is 11.9 Å². The monoisotopic (exact) mass is 314 g/mol. The number of urea groups is 1. The maximum atomic E-state index is 13.0. The van der Waals surface area contributed by atoms with E-state index in [0.717, 1.165) is 16.2 Å². The van der Waals surface area contributed by atoms with Crippen LogP contribution in [-0.4, -0.2) is 46.7 Å². The Balaban J connectivity index is 1.79. The van der Waals surface area contributed by atoms with Gasteiger partial charge in [0.05, 0.1) is 0 Å². The Hall–Kier alpha value is -3.03. The molecule has 0 bridgehead atoms. The van der Waals surface area contributed by atoms with Gasteiger partial charge in [0, 0.05) is 19.7 Å². The molecule has 2 aromatic rings. The molecule has 1 N–H and O–H groups in total. The largest absolute Gasteiger partial charge is 0.399 e. The predicted octanol–water partition coefficient (Wildman–Crippen LogP) is 1.22. The fourth-order valence-electron chi connectivity index (χ4n) is 2.86. The van der Waals surface area contributed by atoms with Crippen LogP contribution >= 0.6 is 0 Å². The molecule has 3 amide bonds. The number of amidine groups is 1. The molecule has 0 aliphatic carbocycles. The van der Waals surface area contributed by atoms with E-state index < -0.39 is 12.1 Å². The Kier molecular flexibility index (Phi) is 2.65. The fraction of sp³-hybridized carbons (Fsp3) is 0.200. The van der Waals surface area contributed by atoms with E-state index >= 15 is 0 Å². The third-order valence-electron chi connectivity index (χ3n) is 4.14. The van der Waals surface area contributed by atoms with E-state index in [1.165, 1.54) is 24.1 Å². The molecular weight excluding hydrogens is 301 g/mol. The van der Waals surface area contributed by atoms with E-state index in [1.807, 2.05) is 0 Å². The van der Waals surface area contributed by atoms with Gasteiger partial charge in [0.25, 0.3) is 5.91 Å². The van der Waals surface area contributed by atoms with Crippen molar-refractivity contribution in [1.82, 2.24) is 14.8 Å². The molecule has 23 heavy (non-hydrogen) atoms. The Bertz CT molecular complexity index is 870. The minimum absolute atomic E-state index is 0.315. The number of nitrogens with zero attached hydrogens (tertiary/aromatic N) is 4. The second-order valence-electron chi connectivity index (χ2n) is 5.52. The van der Waals surface area contributed by atoms with Crippen molar-refractivity contribution in [2.45, 2.75) is 6.04 Å². The fourth-order valence-corrected chi connectivity index (χ4v) is 2.86. The first-order chi connectivity index (χ1) is 11.0. The van der Waals surface area contributed by atoms with E-state index in [-0.39, 0.29) is 11.7 Å². The minimum atomic E-state index is -0.664. The number of hydrogen-bond acceptors (Lipinski definition) is 3. The first kappa shape index (κ1) is 13.6. The maximum absolute atomic E-state index is 13.0. The topological polar surface area (TPSA) is 72.7 Å². The Labute approximate surface area is 130 Å². The summed E-state index contributed by atoms with van der Waals surface area (Å²) < 4.78 is 14.7. The maximum Gasteiger partial charge on any atom is 0.399 e. The third-order valence-corrected chi connectivity index (χ3v) is 4.14. The van der Waals surface area contributed by atoms with Gasteiger partial charge in [0.1, 0.15) is 17.7 Å². The molecule has 0 saturated carbocycles. The number of H-pyrrole nitrogens is 1. The molecule has 7 nitrogen and oxygen atoms in total. The Morgan fingerprint density at radius 2 is 1.87 bits per heavy atom. The number of aromatic amines is 1. The standard InChI is InChI=1S/C15H12FN5O2/c1-19-12-11(13(22)20(2)15(19)23)21-7-10(17-14(21)18-12)8-3-5-9(16)6-4-8/h3-7,11H,1-2H3/p+1. The highest BCUT2D eigenvalue weighted by atomic mass is 19.1. The molecule has 2 aliphatic rings. The van der Waals surface area contributed by atoms with Crippen LogP contribution in [0.15, 0.2) is 35.5 Å². The van der Waals surface area contributed by atoms with Gasteiger partial charge in [-0.15, -0.1) is 0 Å². The van der Waals surface area contributed by atoms with Gasteiger partial charge in [0.15, 0.2) is 0 Å². The average molecular weight is 314 g/mol. The van der Waals surface area contributed by atoms with Crippen LogP contribution in [0.25, 0.3) is 11.3 Å². The molecule has 0 radical (unpaired) electrons. The van der Waals surface area contributed by atoms with Crippen molar-refractivity contribution < 1.29 is 18.5 Å². The van der Waals surface area contributed by atoms with Crippen LogP contribution in [0.5, 0.6) is 0 Å². The molecule has 4 rings (SSSR count). The van der Waals surface area contributed by atoms with Crippen molar-refractivity contribution in [3.63, 3.8) is 0 Å². The van der Waals surface area contributed by atoms with Gasteiger partial charge >= 0.3 is 12.0 Å². The molecule has 1 atom stereocenters. The molecule has 116 valence electrons. The lowest BCUT2D eigenvalue weighted by Gasteiger charge is -2.30. The molecule has 1 aromatic carbocycles. The molecule has 1 saturated heterocycles. The number of imidazole rings is 1. The van der Waals surface area contributed by atoms with Gasteiger partial charge in [-0.25, -0.2) is 18.7 Å². The lowest BCUT2D eigenvalue weighted by molar-refractivity contribution is -0.676. The molecule has 3 heterocycles. The zero-order valence-electron chi connectivity index (χ0n) is 12.4. The number of aliphatic imine (C=N–C) groups is 1. The van der Waals surface area contributed by atoms with Crippen molar-refractivity contribution >= 4 is 23.7 Å². The number of likely N-dealkylation sites (N-methyl/N-ethyl adjacent to an activating group) is 2. The Morgan fingerprint density at radius 1 is 1.17 bits per heavy atom. The van der Waals surface area contributed by atoms with Gasteiger partial charge in [-0.1, -0.05) is 4.99 Å². The van der Waals surface area contributed by atoms with E-state index in [4.69, 9.17) is 0 Å². The van der Waals surface area contributed by atoms with Crippen molar-refractivity contribution in [2.24, 2.45) is 4.99 Å². The van der Waals surface area contributed by atoms with Crippen LogP contribution in [0.2, 0.25) is 0 Å². The number of aromatic nitrogens is 2. The summed E-state index contributed by atoms with van der Waals surface area (Å²) in [5.74, 6) is 0.230. The quantitative estimate of drug-likeness (QED) is 0.804. The molecule has 1 fully saturated rings. The summed E-state index contributed by atoms with van der Waals surface area (Å²) in [6.45, 7) is 0. The summed E-state index contributed by atoms with van der Waals surface area (Å²) in [4.78, 5) is 34.3. The van der Waals surface area contributed by atoms with Crippen molar-refractivity contribution in [2.75, 3.05) is 14.1 Å². The molecule has 1 aromatic heterocycles. The number of halogens is 1. The van der Waals surface area contributed by atoms with Crippen molar-refractivity contribution in [3.8, 4) is 11.3 Å².